The van der Waals surface area contributed by atoms with Crippen molar-refractivity contribution in [2.45, 2.75) is 57.0 Å². The summed E-state index contributed by atoms with van der Waals surface area (Å²) >= 11 is 0. The Morgan fingerprint density at radius 2 is 1.61 bits per heavy atom. The lowest BCUT2D eigenvalue weighted by atomic mass is 9.98. The molecule has 3 fully saturated rings. The van der Waals surface area contributed by atoms with E-state index in [4.69, 9.17) is 0 Å². The highest BCUT2D eigenvalue weighted by Gasteiger charge is 2.38. The van der Waals surface area contributed by atoms with Crippen molar-refractivity contribution in [2.75, 3.05) is 26.2 Å². The highest BCUT2D eigenvalue weighted by Crippen LogP contribution is 2.26. The second kappa shape index (κ2) is 8.33. The van der Waals surface area contributed by atoms with Crippen molar-refractivity contribution in [3.8, 4) is 0 Å². The van der Waals surface area contributed by atoms with Crippen molar-refractivity contribution in [1.82, 2.24) is 14.7 Å². The second-order valence-electron chi connectivity index (χ2n) is 8.12. The van der Waals surface area contributed by atoms with E-state index in [0.717, 1.165) is 45.1 Å². The first kappa shape index (κ1) is 19.0. The van der Waals surface area contributed by atoms with Crippen LogP contribution in [0.4, 0.5) is 0 Å². The molecular formula is C22H29N3O3. The number of amides is 3. The Morgan fingerprint density at radius 3 is 2.32 bits per heavy atom. The van der Waals surface area contributed by atoms with Gasteiger partial charge in [0.15, 0.2) is 0 Å². The molecule has 3 aliphatic heterocycles. The van der Waals surface area contributed by atoms with Gasteiger partial charge in [0.25, 0.3) is 5.91 Å². The molecule has 1 aromatic carbocycles. The summed E-state index contributed by atoms with van der Waals surface area (Å²) in [6, 6.07) is 9.13. The fourth-order valence-corrected chi connectivity index (χ4v) is 4.83. The van der Waals surface area contributed by atoms with Crippen LogP contribution in [0.25, 0.3) is 0 Å². The van der Waals surface area contributed by atoms with Gasteiger partial charge in [0, 0.05) is 44.2 Å². The van der Waals surface area contributed by atoms with Crippen molar-refractivity contribution >= 4 is 17.7 Å². The number of nitrogens with zero attached hydrogens (tertiary/aromatic N) is 3. The number of likely N-dealkylation sites (tertiary alicyclic amines) is 3. The third-order valence-corrected chi connectivity index (χ3v) is 6.40. The van der Waals surface area contributed by atoms with E-state index in [0.29, 0.717) is 31.6 Å². The van der Waals surface area contributed by atoms with Crippen LogP contribution >= 0.6 is 0 Å². The Morgan fingerprint density at radius 1 is 0.857 bits per heavy atom. The normalized spacial score (nSPS) is 23.9. The second-order valence-corrected chi connectivity index (χ2v) is 8.12. The Balaban J connectivity index is 1.36. The molecule has 0 radical (unpaired) electrons. The zero-order valence-corrected chi connectivity index (χ0v) is 16.4. The van der Waals surface area contributed by atoms with Crippen molar-refractivity contribution < 1.29 is 14.4 Å². The molecule has 3 aliphatic rings. The zero-order valence-electron chi connectivity index (χ0n) is 16.4. The van der Waals surface area contributed by atoms with Crippen LogP contribution in [0.2, 0.25) is 0 Å². The maximum Gasteiger partial charge on any atom is 0.254 e. The van der Waals surface area contributed by atoms with Crippen LogP contribution in [0.3, 0.4) is 0 Å². The highest BCUT2D eigenvalue weighted by atomic mass is 16.2. The molecule has 0 N–H and O–H groups in total. The number of benzene rings is 1. The van der Waals surface area contributed by atoms with Gasteiger partial charge >= 0.3 is 0 Å². The van der Waals surface area contributed by atoms with Crippen molar-refractivity contribution in [2.24, 2.45) is 0 Å². The van der Waals surface area contributed by atoms with Gasteiger partial charge in [0.2, 0.25) is 11.8 Å². The zero-order chi connectivity index (χ0) is 19.5. The third-order valence-electron chi connectivity index (χ3n) is 6.40. The predicted octanol–water partition coefficient (Wildman–Crippen LogP) is 2.29. The lowest BCUT2D eigenvalue weighted by molar-refractivity contribution is -0.140. The number of hydrogen-bond acceptors (Lipinski definition) is 3. The van der Waals surface area contributed by atoms with Crippen LogP contribution < -0.4 is 0 Å². The fourth-order valence-electron chi connectivity index (χ4n) is 4.83. The Bertz CT molecular complexity index is 728. The van der Waals surface area contributed by atoms with Crippen molar-refractivity contribution in [1.29, 1.82) is 0 Å². The summed E-state index contributed by atoms with van der Waals surface area (Å²) in [4.78, 5) is 43.9. The highest BCUT2D eigenvalue weighted by molar-refractivity contribution is 5.98. The molecule has 0 aliphatic carbocycles. The van der Waals surface area contributed by atoms with E-state index in [9.17, 15) is 14.4 Å². The molecule has 0 bridgehead atoms. The lowest BCUT2D eigenvalue weighted by Gasteiger charge is -2.41. The van der Waals surface area contributed by atoms with E-state index < -0.39 is 0 Å². The summed E-state index contributed by atoms with van der Waals surface area (Å²) < 4.78 is 0. The van der Waals surface area contributed by atoms with Crippen molar-refractivity contribution in [3.05, 3.63) is 35.9 Å². The van der Waals surface area contributed by atoms with Crippen LogP contribution in [0.1, 0.15) is 55.3 Å². The Labute approximate surface area is 166 Å². The summed E-state index contributed by atoms with van der Waals surface area (Å²) in [5.74, 6) is 0.293. The number of carbonyl (C=O) groups is 3. The van der Waals surface area contributed by atoms with Crippen molar-refractivity contribution in [3.63, 3.8) is 0 Å². The van der Waals surface area contributed by atoms with Gasteiger partial charge in [-0.2, -0.15) is 0 Å². The molecule has 0 saturated carbocycles. The molecule has 6 nitrogen and oxygen atoms in total. The molecule has 150 valence electrons. The quantitative estimate of drug-likeness (QED) is 0.805. The molecule has 3 heterocycles. The SMILES string of the molecule is O=C(C1CCCN1C(=O)c1ccccc1)N1CCC(N2CCCCC2=O)CC1. The average Bonchev–Trinajstić information content (AvgIpc) is 3.24. The van der Waals surface area contributed by atoms with Gasteiger partial charge in [-0.15, -0.1) is 0 Å². The number of carbonyl (C=O) groups excluding carboxylic acids is 3. The minimum absolute atomic E-state index is 0.0507. The van der Waals surface area contributed by atoms with Crippen LogP contribution in [-0.4, -0.2) is 70.7 Å². The molecule has 1 unspecified atom stereocenters. The standard InChI is InChI=1S/C22H29N3O3/c26-20-10-4-5-13-24(20)18-11-15-23(16-12-18)22(28)19-9-6-14-25(19)21(27)17-7-2-1-3-8-17/h1-3,7-8,18-19H,4-6,9-16H2. The van der Waals surface area contributed by atoms with E-state index in [2.05, 4.69) is 0 Å². The molecule has 28 heavy (non-hydrogen) atoms. The molecule has 1 atom stereocenters. The molecule has 0 spiro atoms. The van der Waals surface area contributed by atoms with Crippen LogP contribution in [-0.2, 0) is 9.59 Å². The summed E-state index contributed by atoms with van der Waals surface area (Å²) in [7, 11) is 0. The van der Waals surface area contributed by atoms with Crippen LogP contribution in [0.5, 0.6) is 0 Å². The minimum atomic E-state index is -0.346. The van der Waals surface area contributed by atoms with E-state index >= 15 is 0 Å². The fraction of sp³-hybridized carbons (Fsp3) is 0.591. The first-order valence-electron chi connectivity index (χ1n) is 10.6. The van der Waals surface area contributed by atoms with Gasteiger partial charge in [0.1, 0.15) is 6.04 Å². The predicted molar refractivity (Wildman–Crippen MR) is 106 cm³/mol. The van der Waals surface area contributed by atoms with E-state index in [-0.39, 0.29) is 29.8 Å². The van der Waals surface area contributed by atoms with E-state index in [1.165, 1.54) is 0 Å². The average molecular weight is 383 g/mol. The molecule has 1 aromatic rings. The topological polar surface area (TPSA) is 60.9 Å². The molecule has 0 aromatic heterocycles. The van der Waals surface area contributed by atoms with E-state index in [1.807, 2.05) is 40.1 Å². The van der Waals surface area contributed by atoms with Crippen LogP contribution in [0, 0.1) is 0 Å². The summed E-state index contributed by atoms with van der Waals surface area (Å²) in [6.07, 6.45) is 6.05. The first-order valence-corrected chi connectivity index (χ1v) is 10.6. The number of piperidine rings is 2. The van der Waals surface area contributed by atoms with Crippen LogP contribution in [0.15, 0.2) is 30.3 Å². The number of hydrogen-bond donors (Lipinski definition) is 0. The maximum atomic E-state index is 13.1. The van der Waals surface area contributed by atoms with Gasteiger partial charge in [0.05, 0.1) is 0 Å². The molecule has 4 rings (SSSR count). The van der Waals surface area contributed by atoms with Gasteiger partial charge < -0.3 is 14.7 Å². The summed E-state index contributed by atoms with van der Waals surface area (Å²) in [5, 5.41) is 0. The lowest BCUT2D eigenvalue weighted by Crippen LogP contribution is -2.53. The Hall–Kier alpha value is -2.37. The third kappa shape index (κ3) is 3.77. The number of rotatable bonds is 3. The molecule has 3 saturated heterocycles. The minimum Gasteiger partial charge on any atom is -0.341 e. The van der Waals surface area contributed by atoms with Gasteiger partial charge in [-0.3, -0.25) is 14.4 Å². The van der Waals surface area contributed by atoms with E-state index in [1.54, 1.807) is 4.90 Å². The molecular weight excluding hydrogens is 354 g/mol. The summed E-state index contributed by atoms with van der Waals surface area (Å²) in [6.45, 7) is 2.86. The molecule has 6 heteroatoms. The van der Waals surface area contributed by atoms with Gasteiger partial charge in [-0.1, -0.05) is 18.2 Å². The monoisotopic (exact) mass is 383 g/mol. The largest absolute Gasteiger partial charge is 0.341 e. The van der Waals surface area contributed by atoms with Gasteiger partial charge in [-0.25, -0.2) is 0 Å². The smallest absolute Gasteiger partial charge is 0.254 e. The maximum absolute atomic E-state index is 13.1. The van der Waals surface area contributed by atoms with Gasteiger partial charge in [-0.05, 0) is 50.7 Å². The first-order chi connectivity index (χ1) is 13.6. The molecule has 3 amide bonds. The Kier molecular flexibility index (Phi) is 5.64. The summed E-state index contributed by atoms with van der Waals surface area (Å²) in [5.41, 5.74) is 0.643.